The molecule has 0 N–H and O–H groups in total. The van der Waals surface area contributed by atoms with Gasteiger partial charge in [0.05, 0.1) is 56.4 Å². The molecule has 0 fully saturated rings. The fourth-order valence-electron chi connectivity index (χ4n) is 4.33. The second-order valence-corrected chi connectivity index (χ2v) is 9.26. The van der Waals surface area contributed by atoms with Gasteiger partial charge in [0.15, 0.2) is 16.3 Å². The highest BCUT2D eigenvalue weighted by atomic mass is 32.1. The minimum atomic E-state index is -0.773. The average Bonchev–Trinajstić information content (AvgIpc) is 3.22. The molecule has 4 rings (SSSR count). The van der Waals surface area contributed by atoms with Gasteiger partial charge in [0.1, 0.15) is 11.5 Å². The van der Waals surface area contributed by atoms with E-state index in [2.05, 4.69) is 4.99 Å². The quantitative estimate of drug-likeness (QED) is 0.386. The lowest BCUT2D eigenvalue weighted by molar-refractivity contribution is -0.139. The lowest BCUT2D eigenvalue weighted by atomic mass is 9.95. The number of rotatable bonds is 9. The fourth-order valence-corrected chi connectivity index (χ4v) is 5.37. The van der Waals surface area contributed by atoms with Crippen LogP contribution in [0, 0.1) is 0 Å². The third-order valence-corrected chi connectivity index (χ3v) is 7.03. The van der Waals surface area contributed by atoms with Gasteiger partial charge in [-0.15, -0.1) is 0 Å². The van der Waals surface area contributed by atoms with E-state index in [0.29, 0.717) is 55.8 Å². The minimum Gasteiger partial charge on any atom is -0.497 e. The van der Waals surface area contributed by atoms with Gasteiger partial charge in [-0.05, 0) is 62.7 Å². The summed E-state index contributed by atoms with van der Waals surface area (Å²) in [5.41, 5.74) is 1.81. The van der Waals surface area contributed by atoms with Gasteiger partial charge >= 0.3 is 5.97 Å². The predicted molar refractivity (Wildman–Crippen MR) is 144 cm³/mol. The number of aromatic nitrogens is 1. The van der Waals surface area contributed by atoms with Crippen molar-refractivity contribution in [2.45, 2.75) is 26.8 Å². The maximum Gasteiger partial charge on any atom is 0.338 e. The highest BCUT2D eigenvalue weighted by Crippen LogP contribution is 2.36. The van der Waals surface area contributed by atoms with Crippen molar-refractivity contribution in [2.75, 3.05) is 34.5 Å². The molecule has 38 heavy (non-hydrogen) atoms. The molecule has 2 heterocycles. The molecule has 0 amide bonds. The summed E-state index contributed by atoms with van der Waals surface area (Å²) in [7, 11) is 4.70. The standard InChI is InChI=1S/C28H30N2O7S/c1-7-36-22-14-17(9-11-21(22)35-6)25-24(27(32)37-8-2)16(3)29-28-30(25)26(31)23(38-28)15-18-13-19(33-4)10-12-20(18)34-5/h9-15,25H,7-8H2,1-6H3/t25-/m0/s1. The van der Waals surface area contributed by atoms with Crippen molar-refractivity contribution in [2.24, 2.45) is 4.99 Å². The van der Waals surface area contributed by atoms with Gasteiger partial charge in [-0.1, -0.05) is 17.4 Å². The Hall–Kier alpha value is -4.05. The number of fused-ring (bicyclic) bond motifs is 1. The van der Waals surface area contributed by atoms with E-state index in [9.17, 15) is 9.59 Å². The van der Waals surface area contributed by atoms with Crippen LogP contribution in [-0.2, 0) is 9.53 Å². The zero-order valence-electron chi connectivity index (χ0n) is 22.2. The van der Waals surface area contributed by atoms with Gasteiger partial charge in [0.2, 0.25) is 0 Å². The number of carbonyl (C=O) groups excluding carboxylic acids is 1. The van der Waals surface area contributed by atoms with E-state index in [1.54, 1.807) is 71.6 Å². The summed E-state index contributed by atoms with van der Waals surface area (Å²) in [5.74, 6) is 1.74. The Morgan fingerprint density at radius 2 is 1.74 bits per heavy atom. The number of carbonyl (C=O) groups is 1. The molecular weight excluding hydrogens is 508 g/mol. The van der Waals surface area contributed by atoms with Crippen LogP contribution in [0.1, 0.15) is 37.9 Å². The van der Waals surface area contributed by atoms with Crippen LogP contribution in [0.3, 0.4) is 0 Å². The Labute approximate surface area is 224 Å². The number of thiazole rings is 1. The number of allylic oxidation sites excluding steroid dienone is 1. The number of hydrogen-bond donors (Lipinski definition) is 0. The predicted octanol–water partition coefficient (Wildman–Crippen LogP) is 3.22. The third-order valence-electron chi connectivity index (χ3n) is 6.04. The highest BCUT2D eigenvalue weighted by molar-refractivity contribution is 7.07. The lowest BCUT2D eigenvalue weighted by Gasteiger charge is -2.25. The topological polar surface area (TPSA) is 97.6 Å². The molecule has 0 radical (unpaired) electrons. The van der Waals surface area contributed by atoms with Crippen molar-refractivity contribution in [3.05, 3.63) is 78.5 Å². The molecule has 0 saturated carbocycles. The number of methoxy groups -OCH3 is 3. The molecule has 0 saturated heterocycles. The molecule has 2 aromatic carbocycles. The summed E-state index contributed by atoms with van der Waals surface area (Å²) in [6.07, 6.45) is 1.74. The molecule has 1 aromatic heterocycles. The van der Waals surface area contributed by atoms with Crippen LogP contribution in [0.15, 0.2) is 57.5 Å². The van der Waals surface area contributed by atoms with Crippen molar-refractivity contribution >= 4 is 23.4 Å². The van der Waals surface area contributed by atoms with E-state index in [1.807, 2.05) is 13.0 Å². The van der Waals surface area contributed by atoms with Gasteiger partial charge < -0.3 is 23.7 Å². The fraction of sp³-hybridized carbons (Fsp3) is 0.321. The van der Waals surface area contributed by atoms with Gasteiger partial charge in [0.25, 0.3) is 5.56 Å². The molecular formula is C28H30N2O7S. The van der Waals surface area contributed by atoms with Gasteiger partial charge in [-0.25, -0.2) is 9.79 Å². The lowest BCUT2D eigenvalue weighted by Crippen LogP contribution is -2.40. The summed E-state index contributed by atoms with van der Waals surface area (Å²) < 4.78 is 29.4. The average molecular weight is 539 g/mol. The molecule has 3 aromatic rings. The summed E-state index contributed by atoms with van der Waals surface area (Å²) in [6, 6.07) is 9.94. The van der Waals surface area contributed by atoms with Crippen molar-refractivity contribution in [1.29, 1.82) is 0 Å². The Morgan fingerprint density at radius 1 is 1.00 bits per heavy atom. The largest absolute Gasteiger partial charge is 0.497 e. The highest BCUT2D eigenvalue weighted by Gasteiger charge is 2.34. The maximum atomic E-state index is 13.9. The monoisotopic (exact) mass is 538 g/mol. The molecule has 200 valence electrons. The SMILES string of the molecule is CCOC(=O)C1=C(C)N=c2sc(=Cc3cc(OC)ccc3OC)c(=O)n2[C@H]1c1ccc(OC)c(OCC)c1. The Morgan fingerprint density at radius 3 is 2.39 bits per heavy atom. The molecule has 0 aliphatic carbocycles. The Bertz CT molecular complexity index is 1570. The number of hydrogen-bond acceptors (Lipinski definition) is 9. The first kappa shape index (κ1) is 27.0. The number of benzene rings is 2. The molecule has 0 spiro atoms. The second-order valence-electron chi connectivity index (χ2n) is 8.25. The van der Waals surface area contributed by atoms with E-state index in [0.717, 1.165) is 0 Å². The zero-order valence-corrected chi connectivity index (χ0v) is 23.0. The van der Waals surface area contributed by atoms with E-state index in [4.69, 9.17) is 23.7 Å². The summed E-state index contributed by atoms with van der Waals surface area (Å²) >= 11 is 1.23. The summed E-state index contributed by atoms with van der Waals surface area (Å²) in [4.78, 5) is 32.1. The molecule has 0 bridgehead atoms. The Kier molecular flexibility index (Phi) is 8.21. The van der Waals surface area contributed by atoms with Gasteiger partial charge in [-0.2, -0.15) is 0 Å². The van der Waals surface area contributed by atoms with Crippen LogP contribution in [0.25, 0.3) is 6.08 Å². The van der Waals surface area contributed by atoms with Crippen LogP contribution in [0.4, 0.5) is 0 Å². The van der Waals surface area contributed by atoms with Crippen LogP contribution in [0.5, 0.6) is 23.0 Å². The van der Waals surface area contributed by atoms with Crippen LogP contribution in [-0.4, -0.2) is 45.1 Å². The first-order valence-corrected chi connectivity index (χ1v) is 12.9. The first-order chi connectivity index (χ1) is 18.4. The van der Waals surface area contributed by atoms with Crippen LogP contribution >= 0.6 is 11.3 Å². The van der Waals surface area contributed by atoms with Crippen molar-refractivity contribution < 1.29 is 28.5 Å². The number of ether oxygens (including phenoxy) is 5. The molecule has 1 aliphatic rings. The van der Waals surface area contributed by atoms with E-state index < -0.39 is 12.0 Å². The van der Waals surface area contributed by atoms with Crippen molar-refractivity contribution in [1.82, 2.24) is 4.57 Å². The van der Waals surface area contributed by atoms with Gasteiger partial charge in [-0.3, -0.25) is 9.36 Å². The minimum absolute atomic E-state index is 0.190. The summed E-state index contributed by atoms with van der Waals surface area (Å²) in [5, 5.41) is 0. The van der Waals surface area contributed by atoms with Crippen molar-refractivity contribution in [3.63, 3.8) is 0 Å². The van der Waals surface area contributed by atoms with Crippen LogP contribution in [0.2, 0.25) is 0 Å². The van der Waals surface area contributed by atoms with Gasteiger partial charge in [0, 0.05) is 5.56 Å². The van der Waals surface area contributed by atoms with E-state index in [1.165, 1.54) is 15.9 Å². The molecule has 0 unspecified atom stereocenters. The molecule has 10 heteroatoms. The smallest absolute Gasteiger partial charge is 0.338 e. The van der Waals surface area contributed by atoms with E-state index >= 15 is 0 Å². The second kappa shape index (κ2) is 11.6. The molecule has 9 nitrogen and oxygen atoms in total. The third kappa shape index (κ3) is 5.04. The molecule has 1 atom stereocenters. The van der Waals surface area contributed by atoms with Crippen molar-refractivity contribution in [3.8, 4) is 23.0 Å². The zero-order chi connectivity index (χ0) is 27.4. The maximum absolute atomic E-state index is 13.9. The molecule has 1 aliphatic heterocycles. The summed E-state index contributed by atoms with van der Waals surface area (Å²) in [6.45, 7) is 5.96. The number of esters is 1. The normalized spacial score (nSPS) is 15.0. The first-order valence-electron chi connectivity index (χ1n) is 12.1. The van der Waals surface area contributed by atoms with Crippen LogP contribution < -0.4 is 33.8 Å². The Balaban J connectivity index is 1.98. The van der Waals surface area contributed by atoms with E-state index in [-0.39, 0.29) is 17.7 Å². The number of nitrogens with zero attached hydrogens (tertiary/aromatic N) is 2.